The fourth-order valence-corrected chi connectivity index (χ4v) is 2.77. The second-order valence-corrected chi connectivity index (χ2v) is 5.20. The van der Waals surface area contributed by atoms with Crippen molar-refractivity contribution >= 4 is 23.2 Å². The lowest BCUT2D eigenvalue weighted by Gasteiger charge is -2.12. The van der Waals surface area contributed by atoms with E-state index in [1.54, 1.807) is 10.6 Å². The number of carbonyl (C=O) groups excluding carboxylic acids is 1. The highest BCUT2D eigenvalue weighted by molar-refractivity contribution is 6.33. The van der Waals surface area contributed by atoms with Crippen LogP contribution in [0.1, 0.15) is 35.4 Å². The first-order chi connectivity index (χ1) is 9.61. The van der Waals surface area contributed by atoms with E-state index in [9.17, 15) is 4.79 Å². The lowest BCUT2D eigenvalue weighted by Crippen LogP contribution is -2.13. The quantitative estimate of drug-likeness (QED) is 0.794. The Labute approximate surface area is 120 Å². The zero-order valence-corrected chi connectivity index (χ0v) is 11.9. The largest absolute Gasteiger partial charge is 0.465 e. The molecule has 20 heavy (non-hydrogen) atoms. The third-order valence-electron chi connectivity index (χ3n) is 3.62. The van der Waals surface area contributed by atoms with Crippen molar-refractivity contribution < 1.29 is 14.3 Å². The van der Waals surface area contributed by atoms with Gasteiger partial charge in [-0.1, -0.05) is 11.6 Å². The van der Waals surface area contributed by atoms with Crippen LogP contribution in [0, 0.1) is 0 Å². The SMILES string of the molecule is COC(=O)c1cc(Cl)c2nnc(C3CCOC3C)n2c1. The first-order valence-corrected chi connectivity index (χ1v) is 6.73. The maximum absolute atomic E-state index is 11.7. The summed E-state index contributed by atoms with van der Waals surface area (Å²) in [4.78, 5) is 11.7. The first kappa shape index (κ1) is 13.3. The number of pyridine rings is 1. The van der Waals surface area contributed by atoms with Crippen LogP contribution in [0.25, 0.3) is 5.65 Å². The van der Waals surface area contributed by atoms with E-state index in [0.717, 1.165) is 12.2 Å². The van der Waals surface area contributed by atoms with E-state index in [0.29, 0.717) is 22.8 Å². The summed E-state index contributed by atoms with van der Waals surface area (Å²) in [5.41, 5.74) is 0.908. The van der Waals surface area contributed by atoms with E-state index in [-0.39, 0.29) is 12.0 Å². The van der Waals surface area contributed by atoms with Gasteiger partial charge in [-0.25, -0.2) is 4.79 Å². The molecule has 3 heterocycles. The topological polar surface area (TPSA) is 65.7 Å². The van der Waals surface area contributed by atoms with Crippen molar-refractivity contribution in [2.45, 2.75) is 25.4 Å². The number of ether oxygens (including phenoxy) is 2. The van der Waals surface area contributed by atoms with Gasteiger partial charge < -0.3 is 9.47 Å². The molecule has 2 atom stereocenters. The maximum atomic E-state index is 11.7. The number of aromatic nitrogens is 3. The Bertz CT molecular complexity index is 670. The standard InChI is InChI=1S/C13H14ClN3O3/c1-7-9(3-4-20-7)11-15-16-12-10(14)5-8(6-17(11)12)13(18)19-2/h5-7,9H,3-4H2,1-2H3. The third-order valence-corrected chi connectivity index (χ3v) is 3.89. The van der Waals surface area contributed by atoms with Crippen molar-refractivity contribution in [3.63, 3.8) is 0 Å². The lowest BCUT2D eigenvalue weighted by molar-refractivity contribution is 0.0600. The highest BCUT2D eigenvalue weighted by atomic mass is 35.5. The summed E-state index contributed by atoms with van der Waals surface area (Å²) in [6, 6.07) is 1.54. The van der Waals surface area contributed by atoms with Crippen molar-refractivity contribution in [3.05, 3.63) is 28.7 Å². The van der Waals surface area contributed by atoms with Gasteiger partial charge in [0.15, 0.2) is 5.65 Å². The summed E-state index contributed by atoms with van der Waals surface area (Å²) in [7, 11) is 1.33. The van der Waals surface area contributed by atoms with Gasteiger partial charge >= 0.3 is 5.97 Å². The van der Waals surface area contributed by atoms with Gasteiger partial charge in [0.25, 0.3) is 0 Å². The molecule has 0 aromatic carbocycles. The molecular formula is C13H14ClN3O3. The summed E-state index contributed by atoms with van der Waals surface area (Å²) in [6.45, 7) is 2.70. The molecule has 7 heteroatoms. The summed E-state index contributed by atoms with van der Waals surface area (Å²) in [5.74, 6) is 0.468. The number of esters is 1. The summed E-state index contributed by atoms with van der Waals surface area (Å²) >= 11 is 6.16. The minimum atomic E-state index is -0.441. The summed E-state index contributed by atoms with van der Waals surface area (Å²) < 4.78 is 12.0. The molecule has 1 fully saturated rings. The van der Waals surface area contributed by atoms with E-state index in [1.807, 2.05) is 6.92 Å². The molecule has 2 unspecified atom stereocenters. The molecule has 2 aromatic heterocycles. The minimum absolute atomic E-state index is 0.0722. The Morgan fingerprint density at radius 3 is 3.00 bits per heavy atom. The van der Waals surface area contributed by atoms with Crippen LogP contribution in [0.4, 0.5) is 0 Å². The molecule has 0 saturated carbocycles. The van der Waals surface area contributed by atoms with Gasteiger partial charge in [-0.05, 0) is 19.4 Å². The Kier molecular flexibility index (Phi) is 3.35. The number of methoxy groups -OCH3 is 1. The third kappa shape index (κ3) is 2.05. The molecule has 0 bridgehead atoms. The molecule has 0 amide bonds. The van der Waals surface area contributed by atoms with Crippen LogP contribution in [0.5, 0.6) is 0 Å². The van der Waals surface area contributed by atoms with Crippen molar-refractivity contribution in [2.75, 3.05) is 13.7 Å². The Hall–Kier alpha value is -1.66. The molecular weight excluding hydrogens is 282 g/mol. The van der Waals surface area contributed by atoms with Crippen molar-refractivity contribution in [1.82, 2.24) is 14.6 Å². The average molecular weight is 296 g/mol. The lowest BCUT2D eigenvalue weighted by atomic mass is 10.0. The Morgan fingerprint density at radius 1 is 1.55 bits per heavy atom. The van der Waals surface area contributed by atoms with E-state index < -0.39 is 5.97 Å². The van der Waals surface area contributed by atoms with Gasteiger partial charge in [-0.15, -0.1) is 10.2 Å². The number of nitrogens with zero attached hydrogens (tertiary/aromatic N) is 3. The molecule has 0 N–H and O–H groups in total. The van der Waals surface area contributed by atoms with Gasteiger partial charge in [0.05, 0.1) is 23.8 Å². The van der Waals surface area contributed by atoms with E-state index >= 15 is 0 Å². The Morgan fingerprint density at radius 2 is 2.35 bits per heavy atom. The average Bonchev–Trinajstić information content (AvgIpc) is 3.03. The van der Waals surface area contributed by atoms with Crippen molar-refractivity contribution in [2.24, 2.45) is 0 Å². The number of fused-ring (bicyclic) bond motifs is 1. The van der Waals surface area contributed by atoms with Gasteiger partial charge in [0.2, 0.25) is 0 Å². The van der Waals surface area contributed by atoms with Gasteiger partial charge in [0, 0.05) is 18.7 Å². The van der Waals surface area contributed by atoms with Crippen molar-refractivity contribution in [1.29, 1.82) is 0 Å². The molecule has 1 saturated heterocycles. The molecule has 106 valence electrons. The molecule has 1 aliphatic heterocycles. The molecule has 0 radical (unpaired) electrons. The number of halogens is 1. The van der Waals surface area contributed by atoms with E-state index in [4.69, 9.17) is 21.1 Å². The number of rotatable bonds is 2. The zero-order chi connectivity index (χ0) is 14.3. The summed E-state index contributed by atoms with van der Waals surface area (Å²) in [5, 5.41) is 8.68. The van der Waals surface area contributed by atoms with Crippen LogP contribution in [-0.4, -0.2) is 40.4 Å². The molecule has 0 aliphatic carbocycles. The highest BCUT2D eigenvalue weighted by Crippen LogP contribution is 2.31. The summed E-state index contributed by atoms with van der Waals surface area (Å²) in [6.07, 6.45) is 2.61. The predicted molar refractivity (Wildman–Crippen MR) is 72.1 cm³/mol. The number of carbonyl (C=O) groups is 1. The molecule has 3 rings (SSSR count). The fourth-order valence-electron chi connectivity index (χ4n) is 2.52. The van der Waals surface area contributed by atoms with E-state index in [1.165, 1.54) is 13.2 Å². The molecule has 2 aromatic rings. The van der Waals surface area contributed by atoms with Crippen LogP contribution >= 0.6 is 11.6 Å². The molecule has 0 spiro atoms. The van der Waals surface area contributed by atoms with E-state index in [2.05, 4.69) is 10.2 Å². The van der Waals surface area contributed by atoms with Crippen LogP contribution in [0.2, 0.25) is 5.02 Å². The van der Waals surface area contributed by atoms with Gasteiger partial charge in [0.1, 0.15) is 5.82 Å². The minimum Gasteiger partial charge on any atom is -0.465 e. The number of hydrogen-bond donors (Lipinski definition) is 0. The van der Waals surface area contributed by atoms with Crippen LogP contribution in [-0.2, 0) is 9.47 Å². The molecule has 6 nitrogen and oxygen atoms in total. The second-order valence-electron chi connectivity index (χ2n) is 4.79. The smallest absolute Gasteiger partial charge is 0.339 e. The van der Waals surface area contributed by atoms with Crippen LogP contribution < -0.4 is 0 Å². The fraction of sp³-hybridized carbons (Fsp3) is 0.462. The van der Waals surface area contributed by atoms with Crippen LogP contribution in [0.15, 0.2) is 12.3 Å². The monoisotopic (exact) mass is 295 g/mol. The second kappa shape index (κ2) is 5.03. The maximum Gasteiger partial charge on any atom is 0.339 e. The Balaban J connectivity index is 2.14. The molecule has 1 aliphatic rings. The van der Waals surface area contributed by atoms with Crippen molar-refractivity contribution in [3.8, 4) is 0 Å². The predicted octanol–water partition coefficient (Wildman–Crippen LogP) is 2.06. The zero-order valence-electron chi connectivity index (χ0n) is 11.2. The van der Waals surface area contributed by atoms with Gasteiger partial charge in [-0.3, -0.25) is 4.40 Å². The van der Waals surface area contributed by atoms with Gasteiger partial charge in [-0.2, -0.15) is 0 Å². The van der Waals surface area contributed by atoms with Crippen LogP contribution in [0.3, 0.4) is 0 Å². The highest BCUT2D eigenvalue weighted by Gasteiger charge is 2.30. The first-order valence-electron chi connectivity index (χ1n) is 6.36. The normalized spacial score (nSPS) is 22.4. The number of hydrogen-bond acceptors (Lipinski definition) is 5.